The fourth-order valence-corrected chi connectivity index (χ4v) is 2.42. The zero-order valence-electron chi connectivity index (χ0n) is 9.38. The molecule has 2 nitrogen and oxygen atoms in total. The van der Waals surface area contributed by atoms with Crippen molar-refractivity contribution < 1.29 is 4.79 Å². The zero-order chi connectivity index (χ0) is 10.6. The molecule has 0 aliphatic heterocycles. The molecule has 82 valence electrons. The van der Waals surface area contributed by atoms with E-state index >= 15 is 0 Å². The van der Waals surface area contributed by atoms with Gasteiger partial charge in [0.15, 0.2) is 0 Å². The minimum absolute atomic E-state index is 0.211. The number of hydrogen-bond donors (Lipinski definition) is 1. The van der Waals surface area contributed by atoms with E-state index in [1.54, 1.807) is 11.8 Å². The first-order valence-electron chi connectivity index (χ1n) is 5.49. The van der Waals surface area contributed by atoms with Crippen LogP contribution in [0.1, 0.15) is 40.0 Å². The number of thioether (sulfide) groups is 1. The Labute approximate surface area is 91.2 Å². The van der Waals surface area contributed by atoms with Crippen molar-refractivity contribution in [2.24, 2.45) is 5.92 Å². The van der Waals surface area contributed by atoms with Gasteiger partial charge >= 0.3 is 0 Å². The van der Waals surface area contributed by atoms with Crippen molar-refractivity contribution in [2.75, 3.05) is 5.75 Å². The standard InChI is InChI=1S/C11H21NOS/c1-8(2)14-7-11(13)12-10-5-4-9(3)6-10/h8-10H,4-7H2,1-3H3,(H,12,13). The Morgan fingerprint density at radius 2 is 2.21 bits per heavy atom. The fourth-order valence-electron chi connectivity index (χ4n) is 1.85. The molecule has 0 saturated heterocycles. The van der Waals surface area contributed by atoms with Crippen molar-refractivity contribution in [1.29, 1.82) is 0 Å². The summed E-state index contributed by atoms with van der Waals surface area (Å²) < 4.78 is 0. The van der Waals surface area contributed by atoms with E-state index in [0.29, 0.717) is 17.0 Å². The number of amides is 1. The summed E-state index contributed by atoms with van der Waals surface area (Å²) in [7, 11) is 0. The summed E-state index contributed by atoms with van der Waals surface area (Å²) in [5.74, 6) is 1.61. The highest BCUT2D eigenvalue weighted by Gasteiger charge is 2.22. The van der Waals surface area contributed by atoms with Crippen LogP contribution in [-0.4, -0.2) is 23.0 Å². The average Bonchev–Trinajstić information content (AvgIpc) is 2.48. The molecule has 3 heteroatoms. The third kappa shape index (κ3) is 4.36. The largest absolute Gasteiger partial charge is 0.353 e. The molecule has 0 heterocycles. The monoisotopic (exact) mass is 215 g/mol. The van der Waals surface area contributed by atoms with Crippen molar-refractivity contribution in [3.63, 3.8) is 0 Å². The molecule has 2 unspecified atom stereocenters. The highest BCUT2D eigenvalue weighted by atomic mass is 32.2. The minimum atomic E-state index is 0.211. The predicted molar refractivity (Wildman–Crippen MR) is 62.5 cm³/mol. The van der Waals surface area contributed by atoms with E-state index in [1.807, 2.05) is 0 Å². The summed E-state index contributed by atoms with van der Waals surface area (Å²) in [5.41, 5.74) is 0. The second-order valence-corrected chi connectivity index (χ2v) is 6.11. The van der Waals surface area contributed by atoms with Gasteiger partial charge in [-0.2, -0.15) is 0 Å². The van der Waals surface area contributed by atoms with E-state index in [9.17, 15) is 4.79 Å². The van der Waals surface area contributed by atoms with Crippen molar-refractivity contribution >= 4 is 17.7 Å². The zero-order valence-corrected chi connectivity index (χ0v) is 10.2. The summed E-state index contributed by atoms with van der Waals surface area (Å²) in [6, 6.07) is 0.449. The SMILES string of the molecule is CC1CCC(NC(=O)CSC(C)C)C1. The Morgan fingerprint density at radius 1 is 1.50 bits per heavy atom. The van der Waals surface area contributed by atoms with Gasteiger partial charge in [0.1, 0.15) is 0 Å². The van der Waals surface area contributed by atoms with Crippen molar-refractivity contribution in [3.8, 4) is 0 Å². The number of hydrogen-bond acceptors (Lipinski definition) is 2. The van der Waals surface area contributed by atoms with E-state index in [0.717, 1.165) is 12.3 Å². The van der Waals surface area contributed by atoms with Crippen molar-refractivity contribution in [1.82, 2.24) is 5.32 Å². The Balaban J connectivity index is 2.14. The summed E-state index contributed by atoms with van der Waals surface area (Å²) in [6.45, 7) is 6.50. The number of carbonyl (C=O) groups excluding carboxylic acids is 1. The molecule has 0 aromatic rings. The van der Waals surface area contributed by atoms with Gasteiger partial charge < -0.3 is 5.32 Å². The molecule has 0 aromatic heterocycles. The first-order valence-corrected chi connectivity index (χ1v) is 6.53. The highest BCUT2D eigenvalue weighted by Crippen LogP contribution is 2.24. The molecule has 0 radical (unpaired) electrons. The predicted octanol–water partition coefficient (Wildman–Crippen LogP) is 2.43. The van der Waals surface area contributed by atoms with Gasteiger partial charge in [0, 0.05) is 6.04 Å². The van der Waals surface area contributed by atoms with Gasteiger partial charge in [-0.1, -0.05) is 20.8 Å². The van der Waals surface area contributed by atoms with Gasteiger partial charge in [-0.05, 0) is 30.4 Å². The van der Waals surface area contributed by atoms with Gasteiger partial charge in [-0.25, -0.2) is 0 Å². The number of nitrogens with one attached hydrogen (secondary N) is 1. The van der Waals surface area contributed by atoms with Gasteiger partial charge in [0.25, 0.3) is 0 Å². The minimum Gasteiger partial charge on any atom is -0.353 e. The van der Waals surface area contributed by atoms with Crippen LogP contribution < -0.4 is 5.32 Å². The lowest BCUT2D eigenvalue weighted by atomic mass is 10.1. The Kier molecular flexibility index (Phi) is 4.79. The summed E-state index contributed by atoms with van der Waals surface area (Å²) in [5, 5.41) is 3.65. The van der Waals surface area contributed by atoms with Crippen LogP contribution in [0.3, 0.4) is 0 Å². The molecule has 0 bridgehead atoms. The second-order valence-electron chi connectivity index (χ2n) is 4.54. The van der Waals surface area contributed by atoms with Gasteiger partial charge in [0.2, 0.25) is 5.91 Å². The lowest BCUT2D eigenvalue weighted by Gasteiger charge is -2.12. The van der Waals surface area contributed by atoms with Crippen LogP contribution in [0.15, 0.2) is 0 Å². The third-order valence-electron chi connectivity index (χ3n) is 2.61. The molecular weight excluding hydrogens is 194 g/mol. The van der Waals surface area contributed by atoms with Crippen LogP contribution in [0, 0.1) is 5.92 Å². The molecule has 0 spiro atoms. The van der Waals surface area contributed by atoms with Crippen LogP contribution in [0.2, 0.25) is 0 Å². The molecule has 1 amide bonds. The second kappa shape index (κ2) is 5.64. The maximum atomic E-state index is 11.5. The van der Waals surface area contributed by atoms with Crippen molar-refractivity contribution in [2.45, 2.75) is 51.3 Å². The summed E-state index contributed by atoms with van der Waals surface area (Å²) >= 11 is 1.71. The molecule has 1 fully saturated rings. The van der Waals surface area contributed by atoms with Crippen molar-refractivity contribution in [3.05, 3.63) is 0 Å². The van der Waals surface area contributed by atoms with E-state index in [2.05, 4.69) is 26.1 Å². The van der Waals surface area contributed by atoms with E-state index < -0.39 is 0 Å². The van der Waals surface area contributed by atoms with Gasteiger partial charge in [-0.3, -0.25) is 4.79 Å². The maximum absolute atomic E-state index is 11.5. The first kappa shape index (κ1) is 11.9. The highest BCUT2D eigenvalue weighted by molar-refractivity contribution is 8.00. The van der Waals surface area contributed by atoms with Crippen LogP contribution in [0.4, 0.5) is 0 Å². The van der Waals surface area contributed by atoms with E-state index in [4.69, 9.17) is 0 Å². The molecule has 14 heavy (non-hydrogen) atoms. The Morgan fingerprint density at radius 3 is 2.71 bits per heavy atom. The summed E-state index contributed by atoms with van der Waals surface area (Å²) in [6.07, 6.45) is 3.60. The van der Waals surface area contributed by atoms with Gasteiger partial charge in [-0.15, -0.1) is 11.8 Å². The average molecular weight is 215 g/mol. The maximum Gasteiger partial charge on any atom is 0.230 e. The molecule has 1 aliphatic rings. The smallest absolute Gasteiger partial charge is 0.230 e. The molecule has 1 rings (SSSR count). The lowest BCUT2D eigenvalue weighted by molar-refractivity contribution is -0.119. The number of carbonyl (C=O) groups is 1. The van der Waals surface area contributed by atoms with Crippen LogP contribution >= 0.6 is 11.8 Å². The topological polar surface area (TPSA) is 29.1 Å². The van der Waals surface area contributed by atoms with Gasteiger partial charge in [0.05, 0.1) is 5.75 Å². The fraction of sp³-hybridized carbons (Fsp3) is 0.909. The first-order chi connectivity index (χ1) is 6.58. The van der Waals surface area contributed by atoms with E-state index in [-0.39, 0.29) is 5.91 Å². The molecule has 1 aliphatic carbocycles. The quantitative estimate of drug-likeness (QED) is 0.780. The Hall–Kier alpha value is -0.180. The van der Waals surface area contributed by atoms with Crippen LogP contribution in [0.5, 0.6) is 0 Å². The molecule has 1 saturated carbocycles. The molecule has 1 N–H and O–H groups in total. The third-order valence-corrected chi connectivity index (χ3v) is 3.70. The lowest BCUT2D eigenvalue weighted by Crippen LogP contribution is -2.34. The van der Waals surface area contributed by atoms with Crippen LogP contribution in [-0.2, 0) is 4.79 Å². The normalized spacial score (nSPS) is 26.9. The molecular formula is C11H21NOS. The van der Waals surface area contributed by atoms with E-state index in [1.165, 1.54) is 12.8 Å². The Bertz CT molecular complexity index is 194. The summed E-state index contributed by atoms with van der Waals surface area (Å²) in [4.78, 5) is 11.5. The van der Waals surface area contributed by atoms with Crippen LogP contribution in [0.25, 0.3) is 0 Å². The molecule has 0 aromatic carbocycles. The molecule has 2 atom stereocenters. The number of rotatable bonds is 4.